The molecule has 1 aromatic heterocycles. The molecule has 2 aromatic carbocycles. The van der Waals surface area contributed by atoms with Gasteiger partial charge in [0.05, 0.1) is 0 Å². The lowest BCUT2D eigenvalue weighted by Crippen LogP contribution is -2.25. The topological polar surface area (TPSA) is 72.7 Å². The molecule has 0 saturated heterocycles. The molecule has 0 radical (unpaired) electrons. The largest absolute Gasteiger partial charge is 0.324 e. The van der Waals surface area contributed by atoms with Gasteiger partial charge in [0.2, 0.25) is 5.82 Å². The Morgan fingerprint density at radius 2 is 1.85 bits per heavy atom. The number of nitrogens with zero attached hydrogens (tertiary/aromatic N) is 4. The van der Waals surface area contributed by atoms with Crippen LogP contribution in [-0.2, 0) is 10.2 Å². The summed E-state index contributed by atoms with van der Waals surface area (Å²) in [5.74, 6) is -0.376. The van der Waals surface area contributed by atoms with E-state index in [1.165, 1.54) is 22.5 Å². The van der Waals surface area contributed by atoms with Gasteiger partial charge in [0.1, 0.15) is 11.9 Å². The fraction of sp³-hybridized carbons (Fsp3) is 0.300. The first kappa shape index (κ1) is 18.7. The number of benzene rings is 2. The Morgan fingerprint density at radius 1 is 1.15 bits per heavy atom. The Kier molecular flexibility index (Phi) is 5.03. The molecular formula is C20H22FN5O. The molecule has 0 spiro atoms. The van der Waals surface area contributed by atoms with Gasteiger partial charge in [-0.15, -0.1) is 10.2 Å². The van der Waals surface area contributed by atoms with Gasteiger partial charge in [-0.25, -0.2) is 4.39 Å². The van der Waals surface area contributed by atoms with Crippen molar-refractivity contribution < 1.29 is 9.18 Å². The van der Waals surface area contributed by atoms with Gasteiger partial charge in [0, 0.05) is 11.3 Å². The Balaban J connectivity index is 1.71. The van der Waals surface area contributed by atoms with Crippen molar-refractivity contribution in [1.82, 2.24) is 20.2 Å². The van der Waals surface area contributed by atoms with Gasteiger partial charge in [-0.1, -0.05) is 45.0 Å². The van der Waals surface area contributed by atoms with Crippen molar-refractivity contribution in [2.75, 3.05) is 5.32 Å². The minimum Gasteiger partial charge on any atom is -0.324 e. The predicted octanol–water partition coefficient (Wildman–Crippen LogP) is 3.98. The van der Waals surface area contributed by atoms with Crippen LogP contribution in [0.4, 0.5) is 10.1 Å². The summed E-state index contributed by atoms with van der Waals surface area (Å²) in [6.45, 7) is 8.08. The van der Waals surface area contributed by atoms with Crippen LogP contribution < -0.4 is 5.32 Å². The van der Waals surface area contributed by atoms with Crippen LogP contribution in [0.2, 0.25) is 0 Å². The molecule has 0 aliphatic rings. The molecule has 6 nitrogen and oxygen atoms in total. The average Bonchev–Trinajstić information content (AvgIpc) is 3.11. The SMILES string of the molecule is CC(C(=O)Nc1ccc(C(C)(C)C)cc1)n1nnc(-c2cccc(F)c2)n1. The Labute approximate surface area is 157 Å². The van der Waals surface area contributed by atoms with Crippen molar-refractivity contribution in [2.45, 2.75) is 39.2 Å². The van der Waals surface area contributed by atoms with Crippen LogP contribution in [-0.4, -0.2) is 26.1 Å². The smallest absolute Gasteiger partial charge is 0.250 e. The summed E-state index contributed by atoms with van der Waals surface area (Å²) >= 11 is 0. The van der Waals surface area contributed by atoms with E-state index in [0.29, 0.717) is 11.3 Å². The number of hydrogen-bond donors (Lipinski definition) is 1. The van der Waals surface area contributed by atoms with Gasteiger partial charge in [0.15, 0.2) is 0 Å². The molecule has 7 heteroatoms. The quantitative estimate of drug-likeness (QED) is 0.757. The van der Waals surface area contributed by atoms with Crippen molar-refractivity contribution in [2.24, 2.45) is 0 Å². The third-order valence-electron chi connectivity index (χ3n) is 4.26. The number of anilines is 1. The first-order valence-electron chi connectivity index (χ1n) is 8.71. The molecule has 0 aliphatic carbocycles. The third-order valence-corrected chi connectivity index (χ3v) is 4.26. The molecule has 1 unspecified atom stereocenters. The lowest BCUT2D eigenvalue weighted by molar-refractivity contribution is -0.119. The third kappa shape index (κ3) is 4.36. The zero-order chi connectivity index (χ0) is 19.6. The molecule has 0 bridgehead atoms. The van der Waals surface area contributed by atoms with Gasteiger partial charge in [-0.05, 0) is 47.4 Å². The number of aromatic nitrogens is 4. The highest BCUT2D eigenvalue weighted by Crippen LogP contribution is 2.24. The molecular weight excluding hydrogens is 345 g/mol. The molecule has 1 heterocycles. The first-order valence-corrected chi connectivity index (χ1v) is 8.71. The van der Waals surface area contributed by atoms with Crippen molar-refractivity contribution >= 4 is 11.6 Å². The van der Waals surface area contributed by atoms with E-state index in [0.717, 1.165) is 0 Å². The molecule has 1 N–H and O–H groups in total. The highest BCUT2D eigenvalue weighted by atomic mass is 19.1. The van der Waals surface area contributed by atoms with Gasteiger partial charge in [-0.3, -0.25) is 4.79 Å². The summed E-state index contributed by atoms with van der Waals surface area (Å²) in [7, 11) is 0. The second-order valence-corrected chi connectivity index (χ2v) is 7.44. The number of nitrogens with one attached hydrogen (secondary N) is 1. The number of amides is 1. The molecule has 140 valence electrons. The van der Waals surface area contributed by atoms with Crippen molar-refractivity contribution in [3.8, 4) is 11.4 Å². The summed E-state index contributed by atoms with van der Waals surface area (Å²) in [6, 6.07) is 13.0. The zero-order valence-electron chi connectivity index (χ0n) is 15.8. The fourth-order valence-corrected chi connectivity index (χ4v) is 2.54. The molecule has 3 rings (SSSR count). The van der Waals surface area contributed by atoms with E-state index in [2.05, 4.69) is 41.5 Å². The molecule has 0 saturated carbocycles. The van der Waals surface area contributed by atoms with Crippen molar-refractivity contribution in [3.05, 3.63) is 59.9 Å². The monoisotopic (exact) mass is 367 g/mol. The number of carbonyl (C=O) groups is 1. The summed E-state index contributed by atoms with van der Waals surface area (Å²) in [5.41, 5.74) is 2.44. The molecule has 0 fully saturated rings. The van der Waals surface area contributed by atoms with Gasteiger partial charge < -0.3 is 5.32 Å². The van der Waals surface area contributed by atoms with Gasteiger partial charge >= 0.3 is 0 Å². The predicted molar refractivity (Wildman–Crippen MR) is 102 cm³/mol. The van der Waals surface area contributed by atoms with Crippen LogP contribution in [0.1, 0.15) is 39.3 Å². The van der Waals surface area contributed by atoms with E-state index in [9.17, 15) is 9.18 Å². The summed E-state index contributed by atoms with van der Waals surface area (Å²) in [6.07, 6.45) is 0. The van der Waals surface area contributed by atoms with Gasteiger partial charge in [-0.2, -0.15) is 4.80 Å². The maximum absolute atomic E-state index is 13.3. The van der Waals surface area contributed by atoms with E-state index in [1.807, 2.05) is 24.3 Å². The van der Waals surface area contributed by atoms with Crippen LogP contribution in [0.3, 0.4) is 0 Å². The minimum absolute atomic E-state index is 0.0494. The first-order chi connectivity index (χ1) is 12.7. The number of carbonyl (C=O) groups excluding carboxylic acids is 1. The van der Waals surface area contributed by atoms with E-state index in [-0.39, 0.29) is 23.0 Å². The standard InChI is InChI=1S/C20H22FN5O/c1-13(19(27)22-17-10-8-15(9-11-17)20(2,3)4)26-24-18(23-25-26)14-6-5-7-16(21)12-14/h5-13H,1-4H3,(H,22,27). The minimum atomic E-state index is -0.665. The Morgan fingerprint density at radius 3 is 2.48 bits per heavy atom. The van der Waals surface area contributed by atoms with E-state index < -0.39 is 6.04 Å². The summed E-state index contributed by atoms with van der Waals surface area (Å²) < 4.78 is 13.3. The van der Waals surface area contributed by atoms with Gasteiger partial charge in [0.25, 0.3) is 5.91 Å². The number of tetrazole rings is 1. The maximum atomic E-state index is 13.3. The van der Waals surface area contributed by atoms with Crippen molar-refractivity contribution in [3.63, 3.8) is 0 Å². The summed E-state index contributed by atoms with van der Waals surface area (Å²) in [4.78, 5) is 13.7. The average molecular weight is 367 g/mol. The highest BCUT2D eigenvalue weighted by molar-refractivity contribution is 5.93. The van der Waals surface area contributed by atoms with Crippen LogP contribution in [0.25, 0.3) is 11.4 Å². The maximum Gasteiger partial charge on any atom is 0.250 e. The lowest BCUT2D eigenvalue weighted by Gasteiger charge is -2.19. The number of hydrogen-bond acceptors (Lipinski definition) is 4. The van der Waals surface area contributed by atoms with Crippen molar-refractivity contribution in [1.29, 1.82) is 0 Å². The molecule has 27 heavy (non-hydrogen) atoms. The van der Waals surface area contributed by atoms with E-state index in [1.54, 1.807) is 19.1 Å². The Bertz CT molecular complexity index is 944. The van der Waals surface area contributed by atoms with Crippen LogP contribution >= 0.6 is 0 Å². The summed E-state index contributed by atoms with van der Waals surface area (Å²) in [5, 5.41) is 14.9. The number of rotatable bonds is 4. The zero-order valence-corrected chi connectivity index (χ0v) is 15.8. The second-order valence-electron chi connectivity index (χ2n) is 7.44. The Hall–Kier alpha value is -3.09. The molecule has 1 amide bonds. The highest BCUT2D eigenvalue weighted by Gasteiger charge is 2.19. The fourth-order valence-electron chi connectivity index (χ4n) is 2.54. The lowest BCUT2D eigenvalue weighted by atomic mass is 9.87. The van der Waals surface area contributed by atoms with Crippen LogP contribution in [0.5, 0.6) is 0 Å². The van der Waals surface area contributed by atoms with E-state index in [4.69, 9.17) is 0 Å². The molecule has 0 aliphatic heterocycles. The normalized spacial score (nSPS) is 12.6. The van der Waals surface area contributed by atoms with E-state index >= 15 is 0 Å². The number of halogens is 1. The van der Waals surface area contributed by atoms with Crippen LogP contribution in [0.15, 0.2) is 48.5 Å². The van der Waals surface area contributed by atoms with Crippen LogP contribution in [0, 0.1) is 5.82 Å². The molecule has 1 atom stereocenters. The second kappa shape index (κ2) is 7.26. The molecule has 3 aromatic rings.